The van der Waals surface area contributed by atoms with Crippen LogP contribution in [0, 0.1) is 0 Å². The van der Waals surface area contributed by atoms with Gasteiger partial charge in [-0.15, -0.1) is 6.58 Å². The van der Waals surface area contributed by atoms with Gasteiger partial charge in [0.1, 0.15) is 5.60 Å². The van der Waals surface area contributed by atoms with Crippen molar-refractivity contribution in [2.75, 3.05) is 6.54 Å². The highest BCUT2D eigenvalue weighted by Gasteiger charge is 2.31. The highest BCUT2D eigenvalue weighted by Crippen LogP contribution is 2.24. The van der Waals surface area contributed by atoms with E-state index in [1.54, 1.807) is 11.0 Å². The van der Waals surface area contributed by atoms with E-state index in [0.717, 1.165) is 12.0 Å². The number of likely N-dealkylation sites (tertiary alicyclic amines) is 1. The van der Waals surface area contributed by atoms with E-state index in [4.69, 9.17) is 4.74 Å². The molecule has 1 amide bonds. The quantitative estimate of drug-likeness (QED) is 0.621. The van der Waals surface area contributed by atoms with Crippen LogP contribution in [0.4, 0.5) is 4.79 Å². The molecule has 15 heavy (non-hydrogen) atoms. The van der Waals surface area contributed by atoms with E-state index in [-0.39, 0.29) is 12.1 Å². The van der Waals surface area contributed by atoms with Gasteiger partial charge >= 0.3 is 6.09 Å². The maximum absolute atomic E-state index is 11.8. The third-order valence-corrected chi connectivity index (χ3v) is 2.19. The van der Waals surface area contributed by atoms with Crippen LogP contribution in [-0.4, -0.2) is 29.2 Å². The molecule has 0 radical (unpaired) electrons. The van der Waals surface area contributed by atoms with Gasteiger partial charge < -0.3 is 4.74 Å². The van der Waals surface area contributed by atoms with Gasteiger partial charge in [-0.05, 0) is 27.2 Å². The normalized spacial score (nSPS) is 21.7. The summed E-state index contributed by atoms with van der Waals surface area (Å²) >= 11 is 0. The third kappa shape index (κ3) is 3.11. The highest BCUT2D eigenvalue weighted by molar-refractivity contribution is 5.70. The molecule has 1 atom stereocenters. The molecule has 0 aromatic heterocycles. The van der Waals surface area contributed by atoms with Gasteiger partial charge in [0.15, 0.2) is 0 Å². The van der Waals surface area contributed by atoms with E-state index in [0.29, 0.717) is 6.54 Å². The van der Waals surface area contributed by atoms with E-state index < -0.39 is 5.60 Å². The van der Waals surface area contributed by atoms with E-state index >= 15 is 0 Å². The summed E-state index contributed by atoms with van der Waals surface area (Å²) in [5, 5.41) is 0. The minimum Gasteiger partial charge on any atom is -0.444 e. The number of rotatable bonds is 1. The number of carbonyl (C=O) groups is 1. The molecule has 0 aliphatic carbocycles. The number of hydrogen-bond donors (Lipinski definition) is 0. The van der Waals surface area contributed by atoms with Crippen LogP contribution >= 0.6 is 0 Å². The van der Waals surface area contributed by atoms with Crippen molar-refractivity contribution in [3.63, 3.8) is 0 Å². The van der Waals surface area contributed by atoms with Crippen LogP contribution in [0.2, 0.25) is 0 Å². The molecule has 1 rings (SSSR count). The Morgan fingerprint density at radius 2 is 2.20 bits per heavy atom. The monoisotopic (exact) mass is 209 g/mol. The Balaban J connectivity index is 2.67. The van der Waals surface area contributed by atoms with Gasteiger partial charge in [-0.3, -0.25) is 4.90 Å². The van der Waals surface area contributed by atoms with Crippen molar-refractivity contribution < 1.29 is 9.53 Å². The Morgan fingerprint density at radius 3 is 2.67 bits per heavy atom. The molecule has 0 aromatic rings. The molecule has 0 N–H and O–H groups in total. The summed E-state index contributed by atoms with van der Waals surface area (Å²) in [6.07, 6.45) is 2.27. The Hall–Kier alpha value is -1.25. The molecule has 0 unspecified atom stereocenters. The highest BCUT2D eigenvalue weighted by atomic mass is 16.6. The van der Waals surface area contributed by atoms with Crippen molar-refractivity contribution in [1.82, 2.24) is 4.90 Å². The molecule has 1 fully saturated rings. The van der Waals surface area contributed by atoms with Gasteiger partial charge in [0.05, 0.1) is 6.04 Å². The second kappa shape index (κ2) is 4.09. The first kappa shape index (κ1) is 11.8. The van der Waals surface area contributed by atoms with Crippen LogP contribution in [0.1, 0.15) is 27.2 Å². The van der Waals surface area contributed by atoms with Crippen molar-refractivity contribution >= 4 is 6.09 Å². The van der Waals surface area contributed by atoms with Crippen molar-refractivity contribution in [2.45, 2.75) is 38.8 Å². The average Bonchev–Trinajstić information content (AvgIpc) is 2.43. The van der Waals surface area contributed by atoms with E-state index in [9.17, 15) is 4.79 Å². The second-order valence-electron chi connectivity index (χ2n) is 4.87. The van der Waals surface area contributed by atoms with Gasteiger partial charge in [0.2, 0.25) is 0 Å². The zero-order valence-electron chi connectivity index (χ0n) is 9.75. The van der Waals surface area contributed by atoms with Gasteiger partial charge in [-0.2, -0.15) is 0 Å². The Labute approximate surface area is 91.4 Å². The van der Waals surface area contributed by atoms with Crippen molar-refractivity contribution in [1.29, 1.82) is 0 Å². The van der Waals surface area contributed by atoms with Crippen molar-refractivity contribution in [2.24, 2.45) is 0 Å². The summed E-state index contributed by atoms with van der Waals surface area (Å²) < 4.78 is 5.30. The van der Waals surface area contributed by atoms with Crippen LogP contribution in [0.5, 0.6) is 0 Å². The van der Waals surface area contributed by atoms with Gasteiger partial charge in [-0.1, -0.05) is 18.2 Å². The zero-order valence-corrected chi connectivity index (χ0v) is 9.75. The standard InChI is InChI=1S/C12H19NO2/c1-6-10-7-9(2)8-13(10)11(14)15-12(3,4)5/h6,10H,1-2,7-8H2,3-5H3/t10-/m1/s1. The Kier molecular flexibility index (Phi) is 3.22. The van der Waals surface area contributed by atoms with Crippen LogP contribution in [-0.2, 0) is 4.74 Å². The molecule has 3 heteroatoms. The first-order chi connectivity index (χ1) is 6.83. The summed E-state index contributed by atoms with van der Waals surface area (Å²) in [5.74, 6) is 0. The van der Waals surface area contributed by atoms with E-state index in [1.165, 1.54) is 0 Å². The smallest absolute Gasteiger partial charge is 0.411 e. The van der Waals surface area contributed by atoms with Gasteiger partial charge in [0.25, 0.3) is 0 Å². The first-order valence-electron chi connectivity index (χ1n) is 5.12. The fourth-order valence-corrected chi connectivity index (χ4v) is 1.56. The second-order valence-corrected chi connectivity index (χ2v) is 4.87. The summed E-state index contributed by atoms with van der Waals surface area (Å²) in [6.45, 7) is 13.8. The molecule has 1 heterocycles. The molecule has 1 aliphatic rings. The fourth-order valence-electron chi connectivity index (χ4n) is 1.56. The van der Waals surface area contributed by atoms with Gasteiger partial charge in [0, 0.05) is 6.54 Å². The molecule has 3 nitrogen and oxygen atoms in total. The lowest BCUT2D eigenvalue weighted by Crippen LogP contribution is -2.38. The summed E-state index contributed by atoms with van der Waals surface area (Å²) in [6, 6.07) is 0.0346. The molecule has 0 bridgehead atoms. The average molecular weight is 209 g/mol. The minimum atomic E-state index is -0.452. The Bertz CT molecular complexity index is 288. The van der Waals surface area contributed by atoms with Crippen LogP contribution in [0.25, 0.3) is 0 Å². The lowest BCUT2D eigenvalue weighted by atomic mass is 10.2. The third-order valence-electron chi connectivity index (χ3n) is 2.19. The molecule has 0 spiro atoms. The lowest BCUT2D eigenvalue weighted by Gasteiger charge is -2.26. The zero-order chi connectivity index (χ0) is 11.6. The molecule has 0 saturated carbocycles. The molecule has 1 aliphatic heterocycles. The number of ether oxygens (including phenoxy) is 1. The van der Waals surface area contributed by atoms with Crippen molar-refractivity contribution in [3.05, 3.63) is 24.8 Å². The summed E-state index contributed by atoms with van der Waals surface area (Å²) in [5.41, 5.74) is 0.595. The largest absolute Gasteiger partial charge is 0.444 e. The molecular weight excluding hydrogens is 190 g/mol. The topological polar surface area (TPSA) is 29.5 Å². The maximum Gasteiger partial charge on any atom is 0.411 e. The first-order valence-corrected chi connectivity index (χ1v) is 5.12. The summed E-state index contributed by atoms with van der Waals surface area (Å²) in [4.78, 5) is 13.5. The lowest BCUT2D eigenvalue weighted by molar-refractivity contribution is 0.0260. The van der Waals surface area contributed by atoms with Crippen LogP contribution in [0.3, 0.4) is 0 Å². The maximum atomic E-state index is 11.8. The molecular formula is C12H19NO2. The predicted molar refractivity (Wildman–Crippen MR) is 60.7 cm³/mol. The number of amides is 1. The van der Waals surface area contributed by atoms with Crippen molar-refractivity contribution in [3.8, 4) is 0 Å². The van der Waals surface area contributed by atoms with Gasteiger partial charge in [-0.25, -0.2) is 4.79 Å². The van der Waals surface area contributed by atoms with E-state index in [1.807, 2.05) is 20.8 Å². The van der Waals surface area contributed by atoms with Crippen LogP contribution < -0.4 is 0 Å². The fraction of sp³-hybridized carbons (Fsp3) is 0.583. The SMILES string of the molecule is C=C[C@@H]1CC(=C)CN1C(=O)OC(C)(C)C. The molecule has 1 saturated heterocycles. The summed E-state index contributed by atoms with van der Waals surface area (Å²) in [7, 11) is 0. The molecule has 84 valence electrons. The predicted octanol–water partition coefficient (Wildman–Crippen LogP) is 2.74. The Morgan fingerprint density at radius 1 is 1.60 bits per heavy atom. The van der Waals surface area contributed by atoms with Crippen LogP contribution in [0.15, 0.2) is 24.8 Å². The number of hydrogen-bond acceptors (Lipinski definition) is 2. The molecule has 0 aromatic carbocycles. The van der Waals surface area contributed by atoms with E-state index in [2.05, 4.69) is 13.2 Å². The number of carbonyl (C=O) groups excluding carboxylic acids is 1. The number of nitrogens with zero attached hydrogens (tertiary/aromatic N) is 1. The minimum absolute atomic E-state index is 0.0346.